The van der Waals surface area contributed by atoms with Gasteiger partial charge in [0, 0.05) is 6.42 Å². The first-order chi connectivity index (χ1) is 27.2. The van der Waals surface area contributed by atoms with Crippen LogP contribution in [0.15, 0.2) is 97.2 Å². The normalized spacial score (nSPS) is 13.9. The molecular weight excluding hydrogens is 675 g/mol. The first kappa shape index (κ1) is 52.3. The average molecular weight is 762 g/mol. The Bertz CT molecular complexity index is 1050. The van der Waals surface area contributed by atoms with Crippen molar-refractivity contribution < 1.29 is 15.0 Å². The summed E-state index contributed by atoms with van der Waals surface area (Å²) >= 11 is 0. The molecule has 0 rings (SSSR count). The maximum absolute atomic E-state index is 12.4. The molecule has 0 aliphatic rings. The lowest BCUT2D eigenvalue weighted by Crippen LogP contribution is -2.45. The number of hydrogen-bond donors (Lipinski definition) is 3. The lowest BCUT2D eigenvalue weighted by Gasteiger charge is -2.20. The number of aliphatic hydroxyl groups is 2. The Morgan fingerprint density at radius 3 is 1.20 bits per heavy atom. The van der Waals surface area contributed by atoms with Gasteiger partial charge in [-0.2, -0.15) is 0 Å². The van der Waals surface area contributed by atoms with Crippen LogP contribution < -0.4 is 5.32 Å². The SMILES string of the molecule is CC/C=C\C/C=C\C/C=C\C/C=C\C/C=C\C/C=C\C/C=C\CCCCCCCCCC(=O)NC(CO)C(O)/C=C/CCCCCCCCCCCCCC. The van der Waals surface area contributed by atoms with Gasteiger partial charge in [-0.1, -0.05) is 214 Å². The van der Waals surface area contributed by atoms with Gasteiger partial charge in [0.15, 0.2) is 0 Å². The van der Waals surface area contributed by atoms with Crippen LogP contribution in [0.4, 0.5) is 0 Å². The molecular formula is C51H87NO3. The van der Waals surface area contributed by atoms with Gasteiger partial charge in [-0.25, -0.2) is 0 Å². The number of carbonyl (C=O) groups excluding carboxylic acids is 1. The molecule has 0 aliphatic heterocycles. The van der Waals surface area contributed by atoms with E-state index in [-0.39, 0.29) is 12.5 Å². The highest BCUT2D eigenvalue weighted by Crippen LogP contribution is 2.13. The van der Waals surface area contributed by atoms with Crippen molar-refractivity contribution in [2.24, 2.45) is 0 Å². The Morgan fingerprint density at radius 2 is 0.800 bits per heavy atom. The maximum Gasteiger partial charge on any atom is 0.220 e. The van der Waals surface area contributed by atoms with E-state index in [4.69, 9.17) is 0 Å². The zero-order valence-electron chi connectivity index (χ0n) is 35.9. The van der Waals surface area contributed by atoms with Crippen LogP contribution in [-0.4, -0.2) is 34.9 Å². The van der Waals surface area contributed by atoms with Crippen molar-refractivity contribution in [3.8, 4) is 0 Å². The second kappa shape index (κ2) is 45.7. The summed E-state index contributed by atoms with van der Waals surface area (Å²) in [4.78, 5) is 12.4. The Hall–Kier alpha value is -2.69. The molecule has 55 heavy (non-hydrogen) atoms. The van der Waals surface area contributed by atoms with E-state index in [1.807, 2.05) is 6.08 Å². The fourth-order valence-corrected chi connectivity index (χ4v) is 6.33. The number of unbranched alkanes of at least 4 members (excludes halogenated alkanes) is 19. The van der Waals surface area contributed by atoms with Crippen LogP contribution >= 0.6 is 0 Å². The second-order valence-electron chi connectivity index (χ2n) is 15.1. The average Bonchev–Trinajstić information content (AvgIpc) is 3.19. The van der Waals surface area contributed by atoms with E-state index in [1.54, 1.807) is 6.08 Å². The Balaban J connectivity index is 3.65. The monoisotopic (exact) mass is 762 g/mol. The van der Waals surface area contributed by atoms with Crippen LogP contribution in [0, 0.1) is 0 Å². The summed E-state index contributed by atoms with van der Waals surface area (Å²) in [7, 11) is 0. The predicted octanol–water partition coefficient (Wildman–Crippen LogP) is 14.6. The summed E-state index contributed by atoms with van der Waals surface area (Å²) in [5.74, 6) is -0.0803. The number of aliphatic hydroxyl groups excluding tert-OH is 2. The Kier molecular flexibility index (Phi) is 43.5. The molecule has 0 saturated carbocycles. The summed E-state index contributed by atoms with van der Waals surface area (Å²) in [5.41, 5.74) is 0. The molecule has 4 heteroatoms. The van der Waals surface area contributed by atoms with Crippen molar-refractivity contribution in [1.29, 1.82) is 0 Å². The summed E-state index contributed by atoms with van der Waals surface area (Å²) < 4.78 is 0. The molecule has 0 bridgehead atoms. The van der Waals surface area contributed by atoms with Crippen LogP contribution in [-0.2, 0) is 4.79 Å². The minimum absolute atomic E-state index is 0.0803. The molecule has 0 aromatic rings. The first-order valence-electron chi connectivity index (χ1n) is 23.0. The largest absolute Gasteiger partial charge is 0.394 e. The standard InChI is InChI=1S/C51H87NO3/c1-3-5-7-9-11-13-15-17-19-20-21-22-23-24-25-26-27-28-29-30-31-32-33-35-37-39-41-43-45-47-51(55)52-49(48-53)50(54)46-44-42-40-38-36-34-18-16-14-12-10-8-6-4-2/h5,7,11,13,17,19,21-22,24-25,27-28,30-31,44,46,49-50,53-54H,3-4,6,8-10,12,14-16,18,20,23,26,29,32-43,45,47-48H2,1-2H3,(H,52,55)/b7-5-,13-11-,19-17-,22-21-,25-24-,28-27-,31-30-,46-44+. The maximum atomic E-state index is 12.4. The minimum Gasteiger partial charge on any atom is -0.394 e. The Morgan fingerprint density at radius 1 is 0.455 bits per heavy atom. The third-order valence-corrected chi connectivity index (χ3v) is 9.82. The van der Waals surface area contributed by atoms with Crippen molar-refractivity contribution in [3.63, 3.8) is 0 Å². The van der Waals surface area contributed by atoms with Crippen LogP contribution in [0.3, 0.4) is 0 Å². The lowest BCUT2D eigenvalue weighted by molar-refractivity contribution is -0.123. The molecule has 0 fully saturated rings. The highest BCUT2D eigenvalue weighted by molar-refractivity contribution is 5.76. The number of nitrogens with one attached hydrogen (secondary N) is 1. The van der Waals surface area contributed by atoms with Gasteiger partial charge in [-0.05, 0) is 77.0 Å². The molecule has 0 aromatic heterocycles. The smallest absolute Gasteiger partial charge is 0.220 e. The molecule has 4 nitrogen and oxygen atoms in total. The van der Waals surface area contributed by atoms with Crippen molar-refractivity contribution in [2.75, 3.05) is 6.61 Å². The fourth-order valence-electron chi connectivity index (χ4n) is 6.33. The van der Waals surface area contributed by atoms with E-state index in [1.165, 1.54) is 96.3 Å². The molecule has 0 saturated heterocycles. The summed E-state index contributed by atoms with van der Waals surface area (Å²) in [6.45, 7) is 4.18. The summed E-state index contributed by atoms with van der Waals surface area (Å²) in [5, 5.41) is 23.0. The third-order valence-electron chi connectivity index (χ3n) is 9.82. The fraction of sp³-hybridized carbons (Fsp3) is 0.667. The van der Waals surface area contributed by atoms with E-state index >= 15 is 0 Å². The molecule has 3 N–H and O–H groups in total. The highest BCUT2D eigenvalue weighted by Gasteiger charge is 2.17. The van der Waals surface area contributed by atoms with Gasteiger partial charge < -0.3 is 15.5 Å². The molecule has 1 amide bonds. The molecule has 2 atom stereocenters. The van der Waals surface area contributed by atoms with Crippen LogP contribution in [0.2, 0.25) is 0 Å². The van der Waals surface area contributed by atoms with Gasteiger partial charge >= 0.3 is 0 Å². The predicted molar refractivity (Wildman–Crippen MR) is 243 cm³/mol. The van der Waals surface area contributed by atoms with Gasteiger partial charge in [0.1, 0.15) is 0 Å². The van der Waals surface area contributed by atoms with E-state index in [2.05, 4.69) is 104 Å². The number of allylic oxidation sites excluding steroid dienone is 15. The topological polar surface area (TPSA) is 69.6 Å². The molecule has 0 aromatic carbocycles. The van der Waals surface area contributed by atoms with Gasteiger partial charge in [-0.3, -0.25) is 4.79 Å². The number of amides is 1. The van der Waals surface area contributed by atoms with Gasteiger partial charge in [0.2, 0.25) is 5.91 Å². The molecule has 0 radical (unpaired) electrons. The number of carbonyl (C=O) groups is 1. The van der Waals surface area contributed by atoms with Crippen molar-refractivity contribution in [2.45, 2.75) is 212 Å². The zero-order chi connectivity index (χ0) is 40.0. The van der Waals surface area contributed by atoms with E-state index in [9.17, 15) is 15.0 Å². The van der Waals surface area contributed by atoms with Gasteiger partial charge in [0.25, 0.3) is 0 Å². The zero-order valence-corrected chi connectivity index (χ0v) is 35.9. The molecule has 314 valence electrons. The van der Waals surface area contributed by atoms with Crippen molar-refractivity contribution >= 4 is 5.91 Å². The summed E-state index contributed by atoms with van der Waals surface area (Å²) in [6, 6.07) is -0.634. The van der Waals surface area contributed by atoms with Crippen LogP contribution in [0.5, 0.6) is 0 Å². The number of rotatable bonds is 40. The Labute approximate surface area is 341 Å². The van der Waals surface area contributed by atoms with Gasteiger partial charge in [-0.15, -0.1) is 0 Å². The summed E-state index contributed by atoms with van der Waals surface area (Å²) in [6.07, 6.45) is 68.0. The molecule has 0 aliphatic carbocycles. The molecule has 2 unspecified atom stereocenters. The van der Waals surface area contributed by atoms with E-state index in [0.717, 1.165) is 83.5 Å². The van der Waals surface area contributed by atoms with Crippen molar-refractivity contribution in [1.82, 2.24) is 5.32 Å². The third kappa shape index (κ3) is 42.3. The van der Waals surface area contributed by atoms with Crippen LogP contribution in [0.1, 0.15) is 200 Å². The van der Waals surface area contributed by atoms with Crippen LogP contribution in [0.25, 0.3) is 0 Å². The van der Waals surface area contributed by atoms with E-state index in [0.29, 0.717) is 6.42 Å². The number of hydrogen-bond acceptors (Lipinski definition) is 3. The first-order valence-corrected chi connectivity index (χ1v) is 23.0. The quantitative estimate of drug-likeness (QED) is 0.0430. The lowest BCUT2D eigenvalue weighted by atomic mass is 10.0. The van der Waals surface area contributed by atoms with E-state index < -0.39 is 12.1 Å². The van der Waals surface area contributed by atoms with Crippen molar-refractivity contribution in [3.05, 3.63) is 97.2 Å². The highest BCUT2D eigenvalue weighted by atomic mass is 16.3. The second-order valence-corrected chi connectivity index (χ2v) is 15.1. The molecule has 0 spiro atoms. The molecule has 0 heterocycles. The minimum atomic E-state index is -0.849. The van der Waals surface area contributed by atoms with Gasteiger partial charge in [0.05, 0.1) is 18.8 Å².